The van der Waals surface area contributed by atoms with Crippen molar-refractivity contribution in [1.29, 1.82) is 0 Å². The number of benzene rings is 2. The predicted molar refractivity (Wildman–Crippen MR) is 119 cm³/mol. The molecule has 5 rings (SSSR count). The Morgan fingerprint density at radius 3 is 2.40 bits per heavy atom. The van der Waals surface area contributed by atoms with Crippen LogP contribution < -0.4 is 14.5 Å². The van der Waals surface area contributed by atoms with Crippen LogP contribution in [0.2, 0.25) is 5.02 Å². The monoisotopic (exact) mass is 420 g/mol. The first-order valence-electron chi connectivity index (χ1n) is 9.81. The maximum Gasteiger partial charge on any atom is 0.168 e. The Hall–Kier alpha value is -3.32. The molecule has 1 aliphatic heterocycles. The quantitative estimate of drug-likeness (QED) is 0.500. The second-order valence-corrected chi connectivity index (χ2v) is 7.58. The third-order valence-corrected chi connectivity index (χ3v) is 5.65. The summed E-state index contributed by atoms with van der Waals surface area (Å²) in [5.74, 6) is 1.73. The molecule has 30 heavy (non-hydrogen) atoms. The molecule has 1 fully saturated rings. The van der Waals surface area contributed by atoms with Gasteiger partial charge in [-0.15, -0.1) is 0 Å². The van der Waals surface area contributed by atoms with E-state index in [-0.39, 0.29) is 0 Å². The van der Waals surface area contributed by atoms with Gasteiger partial charge in [0.15, 0.2) is 5.65 Å². The molecule has 2 aromatic heterocycles. The highest BCUT2D eigenvalue weighted by atomic mass is 35.5. The summed E-state index contributed by atoms with van der Waals surface area (Å²) in [7, 11) is 1.66. The van der Waals surface area contributed by atoms with Gasteiger partial charge in [0.05, 0.1) is 24.4 Å². The Morgan fingerprint density at radius 1 is 0.900 bits per heavy atom. The molecule has 7 nitrogen and oxygen atoms in total. The fraction of sp³-hybridized carbons (Fsp3) is 0.227. The highest BCUT2D eigenvalue weighted by molar-refractivity contribution is 6.30. The summed E-state index contributed by atoms with van der Waals surface area (Å²) < 4.78 is 7.08. The van der Waals surface area contributed by atoms with E-state index in [1.54, 1.807) is 13.4 Å². The molecule has 1 saturated heterocycles. The van der Waals surface area contributed by atoms with Crippen LogP contribution in [0, 0.1) is 0 Å². The van der Waals surface area contributed by atoms with Crippen molar-refractivity contribution in [3.63, 3.8) is 0 Å². The summed E-state index contributed by atoms with van der Waals surface area (Å²) in [5, 5.41) is 6.28. The third-order valence-electron chi connectivity index (χ3n) is 5.41. The molecule has 3 heterocycles. The molecule has 0 spiro atoms. The molecule has 0 bridgehead atoms. The Kier molecular flexibility index (Phi) is 4.88. The average Bonchev–Trinajstić information content (AvgIpc) is 3.24. The zero-order valence-corrected chi connectivity index (χ0v) is 17.3. The first-order chi connectivity index (χ1) is 14.7. The van der Waals surface area contributed by atoms with Crippen molar-refractivity contribution in [1.82, 2.24) is 19.7 Å². The predicted octanol–water partition coefficient (Wildman–Crippen LogP) is 3.80. The minimum absolute atomic E-state index is 0.762. The van der Waals surface area contributed by atoms with Crippen LogP contribution in [0.5, 0.6) is 5.75 Å². The number of anilines is 2. The lowest BCUT2D eigenvalue weighted by molar-refractivity contribution is 0.414. The highest BCUT2D eigenvalue weighted by Crippen LogP contribution is 2.27. The summed E-state index contributed by atoms with van der Waals surface area (Å²) in [5.41, 5.74) is 2.88. The Bertz CT molecular complexity index is 1170. The minimum Gasteiger partial charge on any atom is -0.497 e. The van der Waals surface area contributed by atoms with Crippen LogP contribution in [-0.4, -0.2) is 53.0 Å². The van der Waals surface area contributed by atoms with Gasteiger partial charge in [-0.25, -0.2) is 14.6 Å². The van der Waals surface area contributed by atoms with Crippen molar-refractivity contribution in [2.45, 2.75) is 0 Å². The van der Waals surface area contributed by atoms with E-state index in [4.69, 9.17) is 16.3 Å². The van der Waals surface area contributed by atoms with Gasteiger partial charge in [-0.1, -0.05) is 17.7 Å². The number of hydrogen-bond donors (Lipinski definition) is 0. The average molecular weight is 421 g/mol. The van der Waals surface area contributed by atoms with Gasteiger partial charge in [-0.05, 0) is 42.5 Å². The summed E-state index contributed by atoms with van der Waals surface area (Å²) in [6.45, 7) is 3.54. The van der Waals surface area contributed by atoms with Gasteiger partial charge in [-0.3, -0.25) is 0 Å². The summed E-state index contributed by atoms with van der Waals surface area (Å²) in [4.78, 5) is 13.7. The fourth-order valence-electron chi connectivity index (χ4n) is 3.85. The molecule has 0 saturated carbocycles. The molecule has 0 amide bonds. The molecule has 0 aliphatic carbocycles. The first-order valence-corrected chi connectivity index (χ1v) is 10.2. The Morgan fingerprint density at radius 2 is 1.67 bits per heavy atom. The molecular weight excluding hydrogens is 400 g/mol. The van der Waals surface area contributed by atoms with Crippen LogP contribution in [0.1, 0.15) is 0 Å². The van der Waals surface area contributed by atoms with Crippen molar-refractivity contribution < 1.29 is 4.74 Å². The van der Waals surface area contributed by atoms with E-state index in [0.717, 1.165) is 65.2 Å². The Balaban J connectivity index is 1.40. The van der Waals surface area contributed by atoms with Crippen LogP contribution in [-0.2, 0) is 0 Å². The van der Waals surface area contributed by atoms with Crippen molar-refractivity contribution in [3.8, 4) is 11.4 Å². The van der Waals surface area contributed by atoms with E-state index in [0.29, 0.717) is 0 Å². The van der Waals surface area contributed by atoms with Crippen molar-refractivity contribution in [3.05, 3.63) is 66.1 Å². The van der Waals surface area contributed by atoms with Gasteiger partial charge in [-0.2, -0.15) is 5.10 Å². The SMILES string of the molecule is COc1ccc(-n2ncc3c(N4CCN(c5cccc(Cl)c5)CC4)ncnc32)cc1. The molecule has 0 atom stereocenters. The lowest BCUT2D eigenvalue weighted by Gasteiger charge is -2.36. The summed E-state index contributed by atoms with van der Waals surface area (Å²) in [6.07, 6.45) is 3.46. The van der Waals surface area contributed by atoms with Crippen LogP contribution in [0.25, 0.3) is 16.7 Å². The van der Waals surface area contributed by atoms with Crippen molar-refractivity contribution in [2.24, 2.45) is 0 Å². The van der Waals surface area contributed by atoms with Crippen molar-refractivity contribution in [2.75, 3.05) is 43.1 Å². The molecule has 0 N–H and O–H groups in total. The molecule has 8 heteroatoms. The number of fused-ring (bicyclic) bond motifs is 1. The first kappa shape index (κ1) is 18.7. The number of hydrogen-bond acceptors (Lipinski definition) is 6. The van der Waals surface area contributed by atoms with Crippen LogP contribution in [0.3, 0.4) is 0 Å². The molecule has 152 valence electrons. The topological polar surface area (TPSA) is 59.3 Å². The van der Waals surface area contributed by atoms with Gasteiger partial charge in [0.1, 0.15) is 17.9 Å². The number of rotatable bonds is 4. The maximum absolute atomic E-state index is 6.15. The molecule has 4 aromatic rings. The van der Waals surface area contributed by atoms with E-state index in [1.807, 2.05) is 53.3 Å². The Labute approximate surface area is 179 Å². The van der Waals surface area contributed by atoms with E-state index >= 15 is 0 Å². The number of ether oxygens (including phenoxy) is 1. The van der Waals surface area contributed by atoms with E-state index in [2.05, 4.69) is 30.9 Å². The lowest BCUT2D eigenvalue weighted by atomic mass is 10.2. The minimum atomic E-state index is 0.762. The van der Waals surface area contributed by atoms with E-state index in [9.17, 15) is 0 Å². The second-order valence-electron chi connectivity index (χ2n) is 7.14. The molecule has 0 unspecified atom stereocenters. The molecular formula is C22H21ClN6O. The largest absolute Gasteiger partial charge is 0.497 e. The lowest BCUT2D eigenvalue weighted by Crippen LogP contribution is -2.46. The van der Waals surface area contributed by atoms with Crippen LogP contribution in [0.4, 0.5) is 11.5 Å². The standard InChI is InChI=1S/C22H21ClN6O/c1-30-19-7-5-17(6-8-19)29-22-20(14-26-29)21(24-15-25-22)28-11-9-27(10-12-28)18-4-2-3-16(23)13-18/h2-8,13-15H,9-12H2,1H3. The molecule has 1 aliphatic rings. The number of halogens is 1. The zero-order chi connectivity index (χ0) is 20.5. The van der Waals surface area contributed by atoms with Gasteiger partial charge in [0, 0.05) is 36.9 Å². The highest BCUT2D eigenvalue weighted by Gasteiger charge is 2.22. The van der Waals surface area contributed by atoms with Crippen molar-refractivity contribution >= 4 is 34.1 Å². The maximum atomic E-state index is 6.15. The number of aromatic nitrogens is 4. The van der Waals surface area contributed by atoms with Gasteiger partial charge < -0.3 is 14.5 Å². The molecule has 2 aromatic carbocycles. The normalized spacial score (nSPS) is 14.3. The number of piperazine rings is 1. The van der Waals surface area contributed by atoms with Gasteiger partial charge >= 0.3 is 0 Å². The third kappa shape index (κ3) is 3.41. The van der Waals surface area contributed by atoms with E-state index < -0.39 is 0 Å². The van der Waals surface area contributed by atoms with Gasteiger partial charge in [0.2, 0.25) is 0 Å². The summed E-state index contributed by atoms with van der Waals surface area (Å²) in [6, 6.07) is 15.8. The smallest absolute Gasteiger partial charge is 0.168 e. The molecule has 0 radical (unpaired) electrons. The fourth-order valence-corrected chi connectivity index (χ4v) is 4.03. The zero-order valence-electron chi connectivity index (χ0n) is 16.6. The van der Waals surface area contributed by atoms with Gasteiger partial charge in [0.25, 0.3) is 0 Å². The summed E-state index contributed by atoms with van der Waals surface area (Å²) >= 11 is 6.15. The van der Waals surface area contributed by atoms with E-state index in [1.165, 1.54) is 0 Å². The van der Waals surface area contributed by atoms with Crippen LogP contribution >= 0.6 is 11.6 Å². The van der Waals surface area contributed by atoms with Crippen LogP contribution in [0.15, 0.2) is 61.1 Å². The number of methoxy groups -OCH3 is 1. The second kappa shape index (κ2) is 7.84. The number of nitrogens with zero attached hydrogens (tertiary/aromatic N) is 6.